The van der Waals surface area contributed by atoms with Crippen LogP contribution in [0.15, 0.2) is 23.4 Å². The molecule has 0 fully saturated rings. The lowest BCUT2D eigenvalue weighted by molar-refractivity contribution is -0.422. The van der Waals surface area contributed by atoms with Gasteiger partial charge in [0, 0.05) is 12.5 Å². The molecule has 0 aromatic heterocycles. The van der Waals surface area contributed by atoms with Crippen LogP contribution in [0.3, 0.4) is 0 Å². The van der Waals surface area contributed by atoms with Crippen molar-refractivity contribution in [3.8, 4) is 0 Å². The molecule has 1 aliphatic carbocycles. The molecule has 0 amide bonds. The Kier molecular flexibility index (Phi) is 2.58. The van der Waals surface area contributed by atoms with Crippen LogP contribution in [0.2, 0.25) is 0 Å². The van der Waals surface area contributed by atoms with Crippen LogP contribution in [0.5, 0.6) is 0 Å². The highest BCUT2D eigenvalue weighted by molar-refractivity contribution is 5.32. The molecule has 8 heteroatoms. The normalized spacial score (nSPS) is 20.6. The summed E-state index contributed by atoms with van der Waals surface area (Å²) in [6.07, 6.45) is -3.92. The van der Waals surface area contributed by atoms with Crippen molar-refractivity contribution in [2.75, 3.05) is 0 Å². The third-order valence-corrected chi connectivity index (χ3v) is 1.88. The van der Waals surface area contributed by atoms with Gasteiger partial charge in [-0.15, -0.1) is 0 Å². The Bertz CT molecular complexity index is 357. The molecular formula is C7H8F3N3O2. The summed E-state index contributed by atoms with van der Waals surface area (Å²) in [5.74, 6) is 0. The Morgan fingerprint density at radius 1 is 1.47 bits per heavy atom. The first-order valence-corrected chi connectivity index (χ1v) is 3.85. The second-order valence-corrected chi connectivity index (χ2v) is 3.24. The van der Waals surface area contributed by atoms with E-state index in [1.165, 1.54) is 0 Å². The maximum absolute atomic E-state index is 12.4. The van der Waals surface area contributed by atoms with Gasteiger partial charge in [-0.1, -0.05) is 0 Å². The summed E-state index contributed by atoms with van der Waals surface area (Å²) in [6.45, 7) is 0. The van der Waals surface area contributed by atoms with Crippen molar-refractivity contribution in [3.63, 3.8) is 0 Å². The van der Waals surface area contributed by atoms with Gasteiger partial charge in [0.05, 0.1) is 10.6 Å². The van der Waals surface area contributed by atoms with E-state index < -0.39 is 34.5 Å². The molecule has 84 valence electrons. The van der Waals surface area contributed by atoms with Crippen molar-refractivity contribution in [1.82, 2.24) is 0 Å². The highest BCUT2D eigenvalue weighted by atomic mass is 19.4. The van der Waals surface area contributed by atoms with E-state index in [4.69, 9.17) is 11.5 Å². The van der Waals surface area contributed by atoms with Gasteiger partial charge >= 0.3 is 6.18 Å². The molecular weight excluding hydrogens is 215 g/mol. The van der Waals surface area contributed by atoms with Crippen LogP contribution in [0.1, 0.15) is 6.42 Å². The van der Waals surface area contributed by atoms with E-state index in [2.05, 4.69) is 0 Å². The van der Waals surface area contributed by atoms with Gasteiger partial charge in [-0.05, 0) is 6.08 Å². The molecule has 1 aliphatic rings. The first-order valence-electron chi connectivity index (χ1n) is 3.85. The molecule has 5 nitrogen and oxygen atoms in total. The van der Waals surface area contributed by atoms with E-state index in [1.807, 2.05) is 0 Å². The number of rotatable bonds is 1. The van der Waals surface area contributed by atoms with Crippen molar-refractivity contribution >= 4 is 0 Å². The van der Waals surface area contributed by atoms with Crippen LogP contribution in [0, 0.1) is 10.1 Å². The number of hydrogen-bond acceptors (Lipinski definition) is 4. The standard InChI is InChI=1S/C7H8F3N3O2/c8-7(9,10)4-3-6(11,12)2-1-5(4)13(14)15/h1-2H,3,11-12H2. The zero-order valence-electron chi connectivity index (χ0n) is 7.41. The molecule has 0 spiro atoms. The molecule has 4 N–H and O–H groups in total. The Hall–Kier alpha value is -1.41. The van der Waals surface area contributed by atoms with Crippen LogP contribution in [-0.2, 0) is 0 Å². The first kappa shape index (κ1) is 11.7. The molecule has 0 heterocycles. The van der Waals surface area contributed by atoms with E-state index in [9.17, 15) is 23.3 Å². The lowest BCUT2D eigenvalue weighted by Gasteiger charge is -2.25. The second-order valence-electron chi connectivity index (χ2n) is 3.24. The van der Waals surface area contributed by atoms with Crippen LogP contribution in [0.4, 0.5) is 13.2 Å². The van der Waals surface area contributed by atoms with Gasteiger partial charge in [0.1, 0.15) is 5.57 Å². The molecule has 0 aliphatic heterocycles. The van der Waals surface area contributed by atoms with Crippen LogP contribution < -0.4 is 11.5 Å². The summed E-state index contributed by atoms with van der Waals surface area (Å²) in [5, 5.41) is 10.3. The number of nitrogens with two attached hydrogens (primary N) is 2. The third kappa shape index (κ3) is 2.54. The number of nitrogens with zero attached hydrogens (tertiary/aromatic N) is 1. The van der Waals surface area contributed by atoms with Crippen LogP contribution in [-0.4, -0.2) is 16.8 Å². The van der Waals surface area contributed by atoms with E-state index in [0.717, 1.165) is 6.08 Å². The van der Waals surface area contributed by atoms with E-state index in [0.29, 0.717) is 6.08 Å². The SMILES string of the molecule is NC1(N)C=CC([N+](=O)[O-])=C(C(F)(F)F)C1. The molecule has 1 rings (SSSR count). The lowest BCUT2D eigenvalue weighted by atomic mass is 9.93. The van der Waals surface area contributed by atoms with Gasteiger partial charge in [0.25, 0.3) is 5.70 Å². The fourth-order valence-corrected chi connectivity index (χ4v) is 1.21. The van der Waals surface area contributed by atoms with Crippen molar-refractivity contribution < 1.29 is 18.1 Å². The molecule has 15 heavy (non-hydrogen) atoms. The minimum absolute atomic E-state index is 0.687. The van der Waals surface area contributed by atoms with Gasteiger partial charge in [-0.25, -0.2) is 0 Å². The van der Waals surface area contributed by atoms with Crippen LogP contribution in [0.25, 0.3) is 0 Å². The Morgan fingerprint density at radius 3 is 2.40 bits per heavy atom. The topological polar surface area (TPSA) is 95.2 Å². The Morgan fingerprint density at radius 2 is 2.00 bits per heavy atom. The number of halogens is 3. The second kappa shape index (κ2) is 3.31. The molecule has 0 atom stereocenters. The first-order chi connectivity index (χ1) is 6.63. The average molecular weight is 223 g/mol. The highest BCUT2D eigenvalue weighted by Gasteiger charge is 2.44. The fourth-order valence-electron chi connectivity index (χ4n) is 1.21. The zero-order valence-corrected chi connectivity index (χ0v) is 7.41. The van der Waals surface area contributed by atoms with Gasteiger partial charge in [0.15, 0.2) is 0 Å². The number of nitro groups is 1. The van der Waals surface area contributed by atoms with E-state index >= 15 is 0 Å². The van der Waals surface area contributed by atoms with E-state index in [-0.39, 0.29) is 0 Å². The molecule has 0 saturated carbocycles. The predicted molar refractivity (Wildman–Crippen MR) is 44.9 cm³/mol. The smallest absolute Gasteiger partial charge is 0.310 e. The molecule has 0 bridgehead atoms. The summed E-state index contributed by atoms with van der Waals surface area (Å²) < 4.78 is 37.2. The number of hydrogen-bond donors (Lipinski definition) is 2. The molecule has 0 aromatic carbocycles. The summed E-state index contributed by atoms with van der Waals surface area (Å²) in [7, 11) is 0. The van der Waals surface area contributed by atoms with Crippen molar-refractivity contribution in [2.45, 2.75) is 18.3 Å². The van der Waals surface area contributed by atoms with Crippen molar-refractivity contribution in [1.29, 1.82) is 0 Å². The van der Waals surface area contributed by atoms with Gasteiger partial charge < -0.3 is 11.5 Å². The Balaban J connectivity index is 3.22. The van der Waals surface area contributed by atoms with Gasteiger partial charge in [-0.2, -0.15) is 13.2 Å². The minimum Gasteiger partial charge on any atom is -0.310 e. The third-order valence-electron chi connectivity index (χ3n) is 1.88. The molecule has 0 unspecified atom stereocenters. The summed E-state index contributed by atoms with van der Waals surface area (Å²) in [4.78, 5) is 9.23. The summed E-state index contributed by atoms with van der Waals surface area (Å²) in [6, 6.07) is 0. The number of alkyl halides is 3. The molecule has 0 saturated heterocycles. The predicted octanol–water partition coefficient (Wildman–Crippen LogP) is 0.653. The van der Waals surface area contributed by atoms with Gasteiger partial charge in [0.2, 0.25) is 0 Å². The maximum Gasteiger partial charge on any atom is 0.419 e. The fraction of sp³-hybridized carbons (Fsp3) is 0.429. The van der Waals surface area contributed by atoms with Crippen LogP contribution >= 0.6 is 0 Å². The zero-order chi connectivity index (χ0) is 11.9. The van der Waals surface area contributed by atoms with Crippen molar-refractivity contribution in [2.24, 2.45) is 11.5 Å². The highest BCUT2D eigenvalue weighted by Crippen LogP contribution is 2.35. The summed E-state index contributed by atoms with van der Waals surface area (Å²) in [5.41, 5.74) is 6.52. The largest absolute Gasteiger partial charge is 0.419 e. The molecule has 0 radical (unpaired) electrons. The lowest BCUT2D eigenvalue weighted by Crippen LogP contribution is -2.50. The van der Waals surface area contributed by atoms with Crippen molar-refractivity contribution in [3.05, 3.63) is 33.5 Å². The minimum atomic E-state index is -4.79. The average Bonchev–Trinajstić information content (AvgIpc) is 2.00. The van der Waals surface area contributed by atoms with Gasteiger partial charge in [-0.3, -0.25) is 10.1 Å². The molecule has 0 aromatic rings. The van der Waals surface area contributed by atoms with E-state index in [1.54, 1.807) is 0 Å². The quantitative estimate of drug-likeness (QED) is 0.387. The number of allylic oxidation sites excluding steroid dienone is 1. The Labute approximate surface area is 82.4 Å². The monoisotopic (exact) mass is 223 g/mol. The maximum atomic E-state index is 12.4. The summed E-state index contributed by atoms with van der Waals surface area (Å²) >= 11 is 0.